The Hall–Kier alpha value is -2.61. The lowest BCUT2D eigenvalue weighted by Gasteiger charge is -2.27. The Labute approximate surface area is 110 Å². The smallest absolute Gasteiger partial charge is 0.243 e. The van der Waals surface area contributed by atoms with Crippen molar-refractivity contribution in [1.29, 1.82) is 5.26 Å². The number of hydrogen-bond donors (Lipinski definition) is 2. The van der Waals surface area contributed by atoms with Crippen LogP contribution in [0.25, 0.3) is 0 Å². The highest BCUT2D eigenvalue weighted by atomic mass is 16.2. The van der Waals surface area contributed by atoms with Crippen molar-refractivity contribution >= 4 is 11.7 Å². The Morgan fingerprint density at radius 2 is 2.05 bits per heavy atom. The van der Waals surface area contributed by atoms with E-state index >= 15 is 0 Å². The van der Waals surface area contributed by atoms with Gasteiger partial charge in [0.25, 0.3) is 0 Å². The summed E-state index contributed by atoms with van der Waals surface area (Å²) in [6.45, 7) is 1.90. The van der Waals surface area contributed by atoms with Gasteiger partial charge in [-0.25, -0.2) is 0 Å². The first-order chi connectivity index (χ1) is 9.22. The minimum atomic E-state index is -0.730. The molecule has 0 spiro atoms. The summed E-state index contributed by atoms with van der Waals surface area (Å²) in [5, 5.41) is 18.9. The van der Waals surface area contributed by atoms with Gasteiger partial charge in [0.2, 0.25) is 5.91 Å². The van der Waals surface area contributed by atoms with E-state index in [0.29, 0.717) is 5.82 Å². The zero-order chi connectivity index (χ0) is 13.4. The molecule has 94 valence electrons. The lowest BCUT2D eigenvalue weighted by molar-refractivity contribution is -0.119. The first kappa shape index (κ1) is 11.5. The average molecular weight is 252 g/mol. The maximum absolute atomic E-state index is 12.0. The number of nitrogens with zero attached hydrogens (tertiary/aromatic N) is 2. The van der Waals surface area contributed by atoms with Gasteiger partial charge in [-0.3, -0.25) is 9.89 Å². The predicted octanol–water partition coefficient (Wildman–Crippen LogP) is 1.94. The molecule has 0 saturated heterocycles. The fraction of sp³-hybridized carbons (Fsp3) is 0.214. The highest BCUT2D eigenvalue weighted by Crippen LogP contribution is 2.40. The number of carbonyl (C=O) groups is 1. The Bertz CT molecular complexity index is 668. The summed E-state index contributed by atoms with van der Waals surface area (Å²) in [4.78, 5) is 12.0. The molecule has 3 rings (SSSR count). The topological polar surface area (TPSA) is 81.6 Å². The molecule has 0 unspecified atom stereocenters. The summed E-state index contributed by atoms with van der Waals surface area (Å²) in [7, 11) is 0. The van der Waals surface area contributed by atoms with Gasteiger partial charge >= 0.3 is 0 Å². The molecular formula is C14H12N4O. The maximum atomic E-state index is 12.0. The van der Waals surface area contributed by atoms with Crippen molar-refractivity contribution in [3.8, 4) is 6.07 Å². The summed E-state index contributed by atoms with van der Waals surface area (Å²) >= 11 is 0. The molecule has 5 heteroatoms. The molecule has 0 bridgehead atoms. The standard InChI is InChI=1S/C14H12N4O/c1-8-11-12(9-5-3-2-4-6-9)10(7-15)14(19)16-13(11)18-17-8/h2-6,10,12H,1H3,(H2,16,17,18,19)/t10-,12-/m1/s1. The zero-order valence-corrected chi connectivity index (χ0v) is 10.3. The van der Waals surface area contributed by atoms with Crippen LogP contribution in [0, 0.1) is 24.2 Å². The third-order valence-electron chi connectivity index (χ3n) is 3.46. The van der Waals surface area contributed by atoms with Crippen LogP contribution in [0.4, 0.5) is 5.82 Å². The summed E-state index contributed by atoms with van der Waals surface area (Å²) in [5.74, 6) is -0.766. The number of H-pyrrole nitrogens is 1. The van der Waals surface area contributed by atoms with Gasteiger partial charge in [-0.2, -0.15) is 10.4 Å². The van der Waals surface area contributed by atoms with E-state index in [1.54, 1.807) is 0 Å². The van der Waals surface area contributed by atoms with E-state index in [2.05, 4.69) is 21.6 Å². The number of hydrogen-bond acceptors (Lipinski definition) is 3. The third kappa shape index (κ3) is 1.69. The predicted molar refractivity (Wildman–Crippen MR) is 69.3 cm³/mol. The second-order valence-corrected chi connectivity index (χ2v) is 4.60. The summed E-state index contributed by atoms with van der Waals surface area (Å²) in [6.07, 6.45) is 0. The van der Waals surface area contributed by atoms with E-state index in [1.807, 2.05) is 37.3 Å². The Morgan fingerprint density at radius 1 is 1.32 bits per heavy atom. The number of benzene rings is 1. The van der Waals surface area contributed by atoms with Gasteiger partial charge < -0.3 is 5.32 Å². The van der Waals surface area contributed by atoms with Crippen LogP contribution < -0.4 is 5.32 Å². The van der Waals surface area contributed by atoms with Crippen molar-refractivity contribution in [2.75, 3.05) is 5.32 Å². The van der Waals surface area contributed by atoms with Gasteiger partial charge in [-0.1, -0.05) is 30.3 Å². The Morgan fingerprint density at radius 3 is 2.74 bits per heavy atom. The second-order valence-electron chi connectivity index (χ2n) is 4.60. The molecule has 1 aliphatic rings. The first-order valence-corrected chi connectivity index (χ1v) is 6.02. The first-order valence-electron chi connectivity index (χ1n) is 6.02. The normalized spacial score (nSPS) is 21.4. The van der Waals surface area contributed by atoms with Crippen LogP contribution in [0.1, 0.15) is 22.7 Å². The molecule has 1 amide bonds. The molecule has 2 N–H and O–H groups in total. The number of carbonyl (C=O) groups excluding carboxylic acids is 1. The molecular weight excluding hydrogens is 240 g/mol. The minimum absolute atomic E-state index is 0.270. The molecule has 2 aromatic rings. The molecule has 5 nitrogen and oxygen atoms in total. The van der Waals surface area contributed by atoms with Crippen molar-refractivity contribution < 1.29 is 4.79 Å². The molecule has 2 heterocycles. The van der Waals surface area contributed by atoms with Crippen molar-refractivity contribution in [3.63, 3.8) is 0 Å². The number of nitriles is 1. The van der Waals surface area contributed by atoms with Crippen LogP contribution in [-0.4, -0.2) is 16.1 Å². The number of aromatic nitrogens is 2. The Kier molecular flexibility index (Phi) is 2.57. The van der Waals surface area contributed by atoms with Crippen molar-refractivity contribution in [2.45, 2.75) is 12.8 Å². The number of nitrogens with one attached hydrogen (secondary N) is 2. The summed E-state index contributed by atoms with van der Waals surface area (Å²) in [6, 6.07) is 11.7. The van der Waals surface area contributed by atoms with Crippen LogP contribution in [0.2, 0.25) is 0 Å². The van der Waals surface area contributed by atoms with Crippen molar-refractivity contribution in [2.24, 2.45) is 5.92 Å². The average Bonchev–Trinajstić information content (AvgIpc) is 2.79. The molecule has 2 atom stereocenters. The maximum Gasteiger partial charge on any atom is 0.243 e. The number of fused-ring (bicyclic) bond motifs is 1. The van der Waals surface area contributed by atoms with Gasteiger partial charge in [0.1, 0.15) is 5.92 Å². The molecule has 1 aromatic carbocycles. The van der Waals surface area contributed by atoms with E-state index in [4.69, 9.17) is 0 Å². The summed E-state index contributed by atoms with van der Waals surface area (Å²) in [5.41, 5.74) is 2.73. The molecule has 1 aromatic heterocycles. The highest BCUT2D eigenvalue weighted by Gasteiger charge is 2.39. The van der Waals surface area contributed by atoms with E-state index in [-0.39, 0.29) is 11.8 Å². The number of rotatable bonds is 1. The second kappa shape index (κ2) is 4.25. The number of aryl methyl sites for hydroxylation is 1. The zero-order valence-electron chi connectivity index (χ0n) is 10.3. The van der Waals surface area contributed by atoms with E-state index in [1.165, 1.54) is 0 Å². The van der Waals surface area contributed by atoms with Crippen LogP contribution in [-0.2, 0) is 4.79 Å². The molecule has 0 aliphatic carbocycles. The fourth-order valence-corrected chi connectivity index (χ4v) is 2.58. The molecule has 0 radical (unpaired) electrons. The van der Waals surface area contributed by atoms with E-state index in [0.717, 1.165) is 16.8 Å². The summed E-state index contributed by atoms with van der Waals surface area (Å²) < 4.78 is 0. The Balaban J connectivity index is 2.21. The quantitative estimate of drug-likeness (QED) is 0.813. The number of aromatic amines is 1. The van der Waals surface area contributed by atoms with Crippen LogP contribution >= 0.6 is 0 Å². The van der Waals surface area contributed by atoms with E-state index < -0.39 is 5.92 Å². The third-order valence-corrected chi connectivity index (χ3v) is 3.46. The molecule has 1 aliphatic heterocycles. The largest absolute Gasteiger partial charge is 0.308 e. The number of amides is 1. The van der Waals surface area contributed by atoms with Crippen molar-refractivity contribution in [1.82, 2.24) is 10.2 Å². The molecule has 0 saturated carbocycles. The lowest BCUT2D eigenvalue weighted by Crippen LogP contribution is -2.33. The number of anilines is 1. The fourth-order valence-electron chi connectivity index (χ4n) is 2.58. The van der Waals surface area contributed by atoms with Gasteiger partial charge in [0.15, 0.2) is 5.82 Å². The molecule has 0 fully saturated rings. The SMILES string of the molecule is Cc1[nH]nc2c1[C@H](c1ccccc1)[C@@H](C#N)C(=O)N2. The van der Waals surface area contributed by atoms with Gasteiger partial charge in [-0.05, 0) is 12.5 Å². The van der Waals surface area contributed by atoms with Crippen LogP contribution in [0.5, 0.6) is 0 Å². The van der Waals surface area contributed by atoms with Crippen LogP contribution in [0.15, 0.2) is 30.3 Å². The van der Waals surface area contributed by atoms with Crippen molar-refractivity contribution in [3.05, 3.63) is 47.2 Å². The monoisotopic (exact) mass is 252 g/mol. The molecule has 19 heavy (non-hydrogen) atoms. The van der Waals surface area contributed by atoms with Gasteiger partial charge in [0, 0.05) is 17.2 Å². The van der Waals surface area contributed by atoms with Gasteiger partial charge in [0.05, 0.1) is 6.07 Å². The lowest BCUT2D eigenvalue weighted by atomic mass is 9.78. The van der Waals surface area contributed by atoms with Crippen LogP contribution in [0.3, 0.4) is 0 Å². The van der Waals surface area contributed by atoms with E-state index in [9.17, 15) is 10.1 Å². The highest BCUT2D eigenvalue weighted by molar-refractivity contribution is 5.98. The van der Waals surface area contributed by atoms with Gasteiger partial charge in [-0.15, -0.1) is 0 Å². The minimum Gasteiger partial charge on any atom is -0.308 e.